The number of ether oxygens (including phenoxy) is 1. The van der Waals surface area contributed by atoms with Gasteiger partial charge in [0.05, 0.1) is 19.3 Å². The zero-order valence-electron chi connectivity index (χ0n) is 12.2. The van der Waals surface area contributed by atoms with E-state index >= 15 is 0 Å². The van der Waals surface area contributed by atoms with Gasteiger partial charge in [-0.2, -0.15) is 0 Å². The van der Waals surface area contributed by atoms with E-state index in [4.69, 9.17) is 4.74 Å². The minimum Gasteiger partial charge on any atom is -0.496 e. The van der Waals surface area contributed by atoms with Crippen molar-refractivity contribution < 1.29 is 9.53 Å². The van der Waals surface area contributed by atoms with Gasteiger partial charge in [0.1, 0.15) is 5.75 Å². The first-order chi connectivity index (χ1) is 10.8. The molecule has 1 aromatic carbocycles. The largest absolute Gasteiger partial charge is 0.496 e. The molecule has 1 amide bonds. The average Bonchev–Trinajstić information content (AvgIpc) is 3.04. The third-order valence-electron chi connectivity index (χ3n) is 3.67. The Morgan fingerprint density at radius 3 is 2.77 bits per heavy atom. The molecule has 2 heterocycles. The molecular formula is C16H18N4O2. The maximum Gasteiger partial charge on any atom is 0.252 e. The molecule has 1 saturated heterocycles. The minimum atomic E-state index is -0.143. The summed E-state index contributed by atoms with van der Waals surface area (Å²) in [5.74, 6) is 0.713. The van der Waals surface area contributed by atoms with Crippen LogP contribution in [0.1, 0.15) is 28.4 Å². The van der Waals surface area contributed by atoms with Crippen LogP contribution in [0.5, 0.6) is 5.75 Å². The number of hydrazine groups is 1. The topological polar surface area (TPSA) is 75.3 Å². The molecule has 114 valence electrons. The Morgan fingerprint density at radius 1 is 1.23 bits per heavy atom. The molecule has 0 saturated carbocycles. The van der Waals surface area contributed by atoms with Crippen LogP contribution in [0.25, 0.3) is 0 Å². The van der Waals surface area contributed by atoms with Crippen LogP contribution in [0.3, 0.4) is 0 Å². The van der Waals surface area contributed by atoms with Gasteiger partial charge in [-0.25, -0.2) is 10.9 Å². The number of nitrogens with zero attached hydrogens (tertiary/aromatic N) is 1. The molecule has 3 N–H and O–H groups in total. The standard InChI is InChI=1S/C16H18N4O2/c1-22-14-5-3-2-4-12(14)13-10-15(20-19-13)18-16(21)11-6-8-17-9-7-11/h2-9,13,15,19-20H,10H2,1H3,(H,18,21). The van der Waals surface area contributed by atoms with Crippen LogP contribution < -0.4 is 20.9 Å². The fourth-order valence-corrected chi connectivity index (χ4v) is 2.55. The van der Waals surface area contributed by atoms with Crippen LogP contribution in [0.2, 0.25) is 0 Å². The highest BCUT2D eigenvalue weighted by molar-refractivity contribution is 5.94. The SMILES string of the molecule is COc1ccccc1C1CC(NC(=O)c2ccncc2)NN1. The van der Waals surface area contributed by atoms with Crippen LogP contribution >= 0.6 is 0 Å². The van der Waals surface area contributed by atoms with Gasteiger partial charge in [0.15, 0.2) is 0 Å². The predicted octanol–water partition coefficient (Wildman–Crippen LogP) is 1.39. The molecule has 1 aliphatic heterocycles. The van der Waals surface area contributed by atoms with Crippen molar-refractivity contribution in [1.82, 2.24) is 21.2 Å². The highest BCUT2D eigenvalue weighted by atomic mass is 16.5. The summed E-state index contributed by atoms with van der Waals surface area (Å²) >= 11 is 0. The van der Waals surface area contributed by atoms with Gasteiger partial charge in [0.25, 0.3) is 5.91 Å². The molecule has 2 atom stereocenters. The van der Waals surface area contributed by atoms with E-state index < -0.39 is 0 Å². The number of hydrogen-bond donors (Lipinski definition) is 3. The molecule has 0 aliphatic carbocycles. The lowest BCUT2D eigenvalue weighted by atomic mass is 10.0. The number of rotatable bonds is 4. The second-order valence-corrected chi connectivity index (χ2v) is 5.08. The smallest absolute Gasteiger partial charge is 0.252 e. The molecule has 22 heavy (non-hydrogen) atoms. The summed E-state index contributed by atoms with van der Waals surface area (Å²) in [5.41, 5.74) is 7.96. The summed E-state index contributed by atoms with van der Waals surface area (Å²) < 4.78 is 5.38. The van der Waals surface area contributed by atoms with Crippen LogP contribution in [0.4, 0.5) is 0 Å². The molecule has 2 aromatic rings. The molecule has 6 nitrogen and oxygen atoms in total. The maximum atomic E-state index is 12.1. The minimum absolute atomic E-state index is 0.0823. The van der Waals surface area contributed by atoms with Crippen molar-refractivity contribution in [3.63, 3.8) is 0 Å². The van der Waals surface area contributed by atoms with Gasteiger partial charge in [-0.3, -0.25) is 9.78 Å². The predicted molar refractivity (Wildman–Crippen MR) is 82.1 cm³/mol. The maximum absolute atomic E-state index is 12.1. The third-order valence-corrected chi connectivity index (χ3v) is 3.67. The van der Waals surface area contributed by atoms with Crippen LogP contribution in [0, 0.1) is 0 Å². The van der Waals surface area contributed by atoms with Gasteiger partial charge < -0.3 is 10.1 Å². The van der Waals surface area contributed by atoms with E-state index in [0.717, 1.165) is 17.7 Å². The summed E-state index contributed by atoms with van der Waals surface area (Å²) in [5, 5.41) is 2.95. The van der Waals surface area contributed by atoms with E-state index in [1.54, 1.807) is 31.6 Å². The summed E-state index contributed by atoms with van der Waals surface area (Å²) in [6, 6.07) is 11.3. The number of aromatic nitrogens is 1. The Morgan fingerprint density at radius 2 is 2.00 bits per heavy atom. The number of carbonyl (C=O) groups is 1. The summed E-state index contributed by atoms with van der Waals surface area (Å²) in [4.78, 5) is 16.0. The van der Waals surface area contributed by atoms with E-state index in [9.17, 15) is 4.79 Å². The van der Waals surface area contributed by atoms with Gasteiger partial charge in [-0.05, 0) is 18.2 Å². The number of carbonyl (C=O) groups excluding carboxylic acids is 1. The van der Waals surface area contributed by atoms with Crippen molar-refractivity contribution in [2.45, 2.75) is 18.6 Å². The first-order valence-electron chi connectivity index (χ1n) is 7.13. The second kappa shape index (κ2) is 6.55. The van der Waals surface area contributed by atoms with Gasteiger partial charge >= 0.3 is 0 Å². The lowest BCUT2D eigenvalue weighted by Gasteiger charge is -2.14. The van der Waals surface area contributed by atoms with Crippen molar-refractivity contribution in [1.29, 1.82) is 0 Å². The van der Waals surface area contributed by atoms with Crippen molar-refractivity contribution in [3.8, 4) is 5.75 Å². The molecule has 1 aliphatic rings. The molecule has 2 unspecified atom stereocenters. The highest BCUT2D eigenvalue weighted by Gasteiger charge is 2.28. The fourth-order valence-electron chi connectivity index (χ4n) is 2.55. The van der Waals surface area contributed by atoms with Crippen molar-refractivity contribution in [2.75, 3.05) is 7.11 Å². The van der Waals surface area contributed by atoms with Crippen LogP contribution in [-0.2, 0) is 0 Å². The summed E-state index contributed by atoms with van der Waals surface area (Å²) in [6.45, 7) is 0. The highest BCUT2D eigenvalue weighted by Crippen LogP contribution is 2.29. The normalized spacial score (nSPS) is 20.6. The van der Waals surface area contributed by atoms with Crippen LogP contribution in [-0.4, -0.2) is 24.2 Å². The zero-order chi connectivity index (χ0) is 15.4. The Balaban J connectivity index is 1.64. The number of hydrogen-bond acceptors (Lipinski definition) is 5. The molecular weight excluding hydrogens is 280 g/mol. The second-order valence-electron chi connectivity index (χ2n) is 5.08. The van der Waals surface area contributed by atoms with Gasteiger partial charge in [-0.1, -0.05) is 18.2 Å². The van der Waals surface area contributed by atoms with Crippen molar-refractivity contribution in [2.24, 2.45) is 0 Å². The number of pyridine rings is 1. The third kappa shape index (κ3) is 3.08. The first-order valence-corrected chi connectivity index (χ1v) is 7.13. The van der Waals surface area contributed by atoms with Crippen molar-refractivity contribution >= 4 is 5.91 Å². The first kappa shape index (κ1) is 14.5. The molecule has 0 radical (unpaired) electrons. The fraction of sp³-hybridized carbons (Fsp3) is 0.250. The van der Waals surface area contributed by atoms with Gasteiger partial charge in [-0.15, -0.1) is 0 Å². The van der Waals surface area contributed by atoms with E-state index in [2.05, 4.69) is 21.2 Å². The number of para-hydroxylation sites is 1. The van der Waals surface area contributed by atoms with Gasteiger partial charge in [0, 0.05) is 29.9 Å². The lowest BCUT2D eigenvalue weighted by Crippen LogP contribution is -2.44. The molecule has 1 aromatic heterocycles. The molecule has 3 rings (SSSR count). The lowest BCUT2D eigenvalue weighted by molar-refractivity contribution is 0.0932. The Labute approximate surface area is 128 Å². The molecule has 0 bridgehead atoms. The Hall–Kier alpha value is -2.44. The Kier molecular flexibility index (Phi) is 4.32. The van der Waals surface area contributed by atoms with Gasteiger partial charge in [0.2, 0.25) is 0 Å². The van der Waals surface area contributed by atoms with E-state index in [1.165, 1.54) is 0 Å². The summed E-state index contributed by atoms with van der Waals surface area (Å²) in [7, 11) is 1.66. The molecule has 0 spiro atoms. The number of nitrogens with one attached hydrogen (secondary N) is 3. The van der Waals surface area contributed by atoms with E-state index in [1.807, 2.05) is 24.3 Å². The van der Waals surface area contributed by atoms with E-state index in [0.29, 0.717) is 5.56 Å². The molecule has 6 heteroatoms. The van der Waals surface area contributed by atoms with Crippen LogP contribution in [0.15, 0.2) is 48.8 Å². The molecule has 1 fully saturated rings. The summed E-state index contributed by atoms with van der Waals surface area (Å²) in [6.07, 6.45) is 3.80. The van der Waals surface area contributed by atoms with E-state index in [-0.39, 0.29) is 18.1 Å². The zero-order valence-corrected chi connectivity index (χ0v) is 12.2. The Bertz CT molecular complexity index is 648. The number of amides is 1. The van der Waals surface area contributed by atoms with Crippen molar-refractivity contribution in [3.05, 3.63) is 59.9 Å². The quantitative estimate of drug-likeness (QED) is 0.795. The monoisotopic (exact) mass is 298 g/mol. The number of methoxy groups -OCH3 is 1. The average molecular weight is 298 g/mol. The number of benzene rings is 1.